The summed E-state index contributed by atoms with van der Waals surface area (Å²) in [5.41, 5.74) is 0. The number of carbonyl (C=O) groups is 4. The molecular weight excluding hydrogens is 216 g/mol. The zero-order valence-corrected chi connectivity index (χ0v) is 8.68. The number of imide groups is 2. The number of nitrogens with one attached hydrogen (secondary N) is 2. The Morgan fingerprint density at radius 1 is 0.938 bits per heavy atom. The number of carbonyl (C=O) groups excluding carboxylic acids is 4. The molecule has 0 radical (unpaired) electrons. The Morgan fingerprint density at radius 2 is 1.25 bits per heavy atom. The molecule has 2 heterocycles. The van der Waals surface area contributed by atoms with Gasteiger partial charge in [-0.05, 0) is 0 Å². The van der Waals surface area contributed by atoms with Crippen LogP contribution in [0.15, 0.2) is 0 Å². The lowest BCUT2D eigenvalue weighted by Gasteiger charge is -2.17. The van der Waals surface area contributed by atoms with E-state index >= 15 is 0 Å². The zero-order valence-electron chi connectivity index (χ0n) is 8.68. The molecule has 8 heteroatoms. The Morgan fingerprint density at radius 3 is 1.50 bits per heavy atom. The van der Waals surface area contributed by atoms with Crippen molar-refractivity contribution in [3.63, 3.8) is 0 Å². The van der Waals surface area contributed by atoms with Crippen molar-refractivity contribution in [2.45, 2.75) is 26.2 Å². The number of urea groups is 2. The van der Waals surface area contributed by atoms with Crippen molar-refractivity contribution < 1.29 is 19.2 Å². The Hall–Kier alpha value is -2.12. The van der Waals surface area contributed by atoms with Gasteiger partial charge in [0.05, 0.1) is 0 Å². The first-order valence-corrected chi connectivity index (χ1v) is 4.64. The van der Waals surface area contributed by atoms with E-state index in [4.69, 9.17) is 0 Å². The number of hydrogen-bond acceptors (Lipinski definition) is 4. The minimum Gasteiger partial charge on any atom is -0.313 e. The first kappa shape index (κ1) is 10.4. The van der Waals surface area contributed by atoms with Crippen molar-refractivity contribution in [1.29, 1.82) is 0 Å². The number of rotatable bonds is 0. The van der Waals surface area contributed by atoms with Crippen molar-refractivity contribution in [3.8, 4) is 0 Å². The van der Waals surface area contributed by atoms with Crippen LogP contribution < -0.4 is 10.6 Å². The maximum Gasteiger partial charge on any atom is 0.327 e. The molecule has 8 nitrogen and oxygen atoms in total. The van der Waals surface area contributed by atoms with Crippen LogP contribution in [0.25, 0.3) is 0 Å². The molecule has 0 bridgehead atoms. The molecule has 2 saturated heterocycles. The summed E-state index contributed by atoms with van der Waals surface area (Å²) in [6.45, 7) is 2.43. The summed E-state index contributed by atoms with van der Waals surface area (Å²) in [6, 6.07) is -1.23. The largest absolute Gasteiger partial charge is 0.327 e. The molecular formula is C8H10N4O4. The molecule has 0 unspecified atom stereocenters. The molecule has 0 spiro atoms. The van der Waals surface area contributed by atoms with E-state index in [1.807, 2.05) is 0 Å². The summed E-state index contributed by atoms with van der Waals surface area (Å²) in [4.78, 5) is 47.0. The second-order valence-electron chi connectivity index (χ2n) is 3.57. The summed E-state index contributed by atoms with van der Waals surface area (Å²) in [7, 11) is 0. The maximum absolute atomic E-state index is 11.4. The van der Waals surface area contributed by atoms with Crippen LogP contribution in [0.3, 0.4) is 0 Å². The molecule has 2 aliphatic rings. The van der Waals surface area contributed by atoms with Gasteiger partial charge in [-0.3, -0.25) is 9.59 Å². The third-order valence-corrected chi connectivity index (χ3v) is 2.51. The number of nitrogens with zero attached hydrogens (tertiary/aromatic N) is 2. The minimum atomic E-state index is -0.818. The Kier molecular flexibility index (Phi) is 2.07. The van der Waals surface area contributed by atoms with E-state index in [1.54, 1.807) is 0 Å². The highest BCUT2D eigenvalue weighted by molar-refractivity contribution is 6.01. The molecule has 0 aromatic heterocycles. The monoisotopic (exact) mass is 226 g/mol. The molecule has 2 fully saturated rings. The number of hydrogen-bond donors (Lipinski definition) is 2. The molecule has 2 N–H and O–H groups in total. The first-order chi connectivity index (χ1) is 7.43. The lowest BCUT2D eigenvalue weighted by molar-refractivity contribution is -0.130. The van der Waals surface area contributed by atoms with Gasteiger partial charge in [0.15, 0.2) is 12.3 Å². The van der Waals surface area contributed by atoms with Crippen molar-refractivity contribution in [2.24, 2.45) is 0 Å². The van der Waals surface area contributed by atoms with Crippen LogP contribution in [0.4, 0.5) is 9.59 Å². The second-order valence-corrected chi connectivity index (χ2v) is 3.57. The molecule has 6 amide bonds. The Labute approximate surface area is 90.5 Å². The topological polar surface area (TPSA) is 98.8 Å². The van der Waals surface area contributed by atoms with Crippen molar-refractivity contribution in [2.75, 3.05) is 0 Å². The van der Waals surface area contributed by atoms with Crippen LogP contribution in [0, 0.1) is 0 Å². The average Bonchev–Trinajstić information content (AvgIpc) is 2.55. The van der Waals surface area contributed by atoms with E-state index in [1.165, 1.54) is 13.8 Å². The Bertz CT molecular complexity index is 369. The van der Waals surface area contributed by atoms with Gasteiger partial charge >= 0.3 is 12.1 Å². The van der Waals surface area contributed by atoms with E-state index in [2.05, 4.69) is 10.6 Å². The van der Waals surface area contributed by atoms with Gasteiger partial charge in [-0.2, -0.15) is 0 Å². The fourth-order valence-electron chi connectivity index (χ4n) is 1.89. The second kappa shape index (κ2) is 3.19. The summed E-state index contributed by atoms with van der Waals surface area (Å²) >= 11 is 0. The predicted molar refractivity (Wildman–Crippen MR) is 49.7 cm³/mol. The molecule has 2 atom stereocenters. The first-order valence-electron chi connectivity index (χ1n) is 4.64. The standard InChI is InChI=1S/C8H10N4O4/c1-3(13)11-5-6(10-7(11)15)12(4(2)14)8(16)9-5/h5-6H,1-2H3,(H,9,16)(H,10,15)/t5-,6+. The summed E-state index contributed by atoms with van der Waals surface area (Å²) in [6.07, 6.45) is -1.64. The molecule has 86 valence electrons. The Balaban J connectivity index is 2.32. The van der Waals surface area contributed by atoms with Crippen LogP contribution in [0.2, 0.25) is 0 Å². The predicted octanol–water partition coefficient (Wildman–Crippen LogP) is -1.22. The van der Waals surface area contributed by atoms with Gasteiger partial charge in [-0.25, -0.2) is 19.4 Å². The third-order valence-electron chi connectivity index (χ3n) is 2.51. The summed E-state index contributed by atoms with van der Waals surface area (Å²) in [5, 5.41) is 4.79. The van der Waals surface area contributed by atoms with E-state index < -0.39 is 36.2 Å². The van der Waals surface area contributed by atoms with Crippen LogP contribution in [-0.2, 0) is 9.59 Å². The van der Waals surface area contributed by atoms with Crippen molar-refractivity contribution >= 4 is 23.9 Å². The summed E-state index contributed by atoms with van der Waals surface area (Å²) < 4.78 is 0. The normalized spacial score (nSPS) is 27.6. The molecule has 0 aliphatic carbocycles. The van der Waals surface area contributed by atoms with Gasteiger partial charge in [0.25, 0.3) is 0 Å². The molecule has 0 aromatic carbocycles. The van der Waals surface area contributed by atoms with Crippen molar-refractivity contribution in [1.82, 2.24) is 20.4 Å². The van der Waals surface area contributed by atoms with Gasteiger partial charge in [0, 0.05) is 13.8 Å². The smallest absolute Gasteiger partial charge is 0.313 e. The minimum absolute atomic E-state index is 0.490. The highest BCUT2D eigenvalue weighted by Gasteiger charge is 2.53. The quantitative estimate of drug-likeness (QED) is 0.541. The fraction of sp³-hybridized carbons (Fsp3) is 0.500. The zero-order chi connectivity index (χ0) is 12.0. The SMILES string of the molecule is CC(=O)N1C(=O)N[C@H]2[C@H]1NC(=O)N2C(C)=O. The lowest BCUT2D eigenvalue weighted by atomic mass is 10.3. The van der Waals surface area contributed by atoms with E-state index in [0.717, 1.165) is 9.80 Å². The van der Waals surface area contributed by atoms with Crippen molar-refractivity contribution in [3.05, 3.63) is 0 Å². The van der Waals surface area contributed by atoms with Crippen LogP contribution in [0.1, 0.15) is 13.8 Å². The lowest BCUT2D eigenvalue weighted by Crippen LogP contribution is -2.45. The maximum atomic E-state index is 11.4. The van der Waals surface area contributed by atoms with Gasteiger partial charge < -0.3 is 10.6 Å². The number of amides is 6. The molecule has 16 heavy (non-hydrogen) atoms. The molecule has 2 rings (SSSR count). The molecule has 0 saturated carbocycles. The van der Waals surface area contributed by atoms with E-state index in [-0.39, 0.29) is 0 Å². The van der Waals surface area contributed by atoms with E-state index in [9.17, 15) is 19.2 Å². The van der Waals surface area contributed by atoms with Gasteiger partial charge in [0.1, 0.15) is 0 Å². The third kappa shape index (κ3) is 1.23. The molecule has 0 aromatic rings. The highest BCUT2D eigenvalue weighted by Crippen LogP contribution is 2.21. The van der Waals surface area contributed by atoms with Crippen LogP contribution in [0.5, 0.6) is 0 Å². The van der Waals surface area contributed by atoms with E-state index in [0.29, 0.717) is 0 Å². The van der Waals surface area contributed by atoms with Gasteiger partial charge in [-0.15, -0.1) is 0 Å². The molecule has 2 aliphatic heterocycles. The van der Waals surface area contributed by atoms with Gasteiger partial charge in [0.2, 0.25) is 11.8 Å². The number of fused-ring (bicyclic) bond motifs is 1. The van der Waals surface area contributed by atoms with Crippen LogP contribution in [-0.4, -0.2) is 46.0 Å². The fourth-order valence-corrected chi connectivity index (χ4v) is 1.89. The van der Waals surface area contributed by atoms with Crippen LogP contribution >= 0.6 is 0 Å². The van der Waals surface area contributed by atoms with Gasteiger partial charge in [-0.1, -0.05) is 0 Å². The highest BCUT2D eigenvalue weighted by atomic mass is 16.2. The summed E-state index contributed by atoms with van der Waals surface area (Å²) in [5.74, 6) is -0.980. The average molecular weight is 226 g/mol.